The summed E-state index contributed by atoms with van der Waals surface area (Å²) in [5.74, 6) is -0.436. The van der Waals surface area contributed by atoms with E-state index in [9.17, 15) is 22.8 Å². The number of carbonyl (C=O) groups excluding carboxylic acids is 1. The molecule has 144 valence electrons. The lowest BCUT2D eigenvalue weighted by atomic mass is 10.1. The second-order valence-electron chi connectivity index (χ2n) is 6.06. The van der Waals surface area contributed by atoms with E-state index in [1.807, 2.05) is 0 Å². The van der Waals surface area contributed by atoms with Gasteiger partial charge in [0.1, 0.15) is 5.75 Å². The Morgan fingerprint density at radius 1 is 1.37 bits per heavy atom. The minimum atomic E-state index is -4.74. The highest BCUT2D eigenvalue weighted by atomic mass is 32.2. The Labute approximate surface area is 156 Å². The minimum absolute atomic E-state index is 0.162. The maximum atomic E-state index is 12.4. The Morgan fingerprint density at radius 3 is 2.74 bits per heavy atom. The molecule has 1 N–H and O–H groups in total. The van der Waals surface area contributed by atoms with Crippen LogP contribution >= 0.6 is 11.8 Å². The molecule has 10 heteroatoms. The predicted octanol–water partition coefficient (Wildman–Crippen LogP) is 2.49. The summed E-state index contributed by atoms with van der Waals surface area (Å²) in [4.78, 5) is 28.8. The van der Waals surface area contributed by atoms with Crippen LogP contribution in [0.2, 0.25) is 0 Å². The second kappa shape index (κ2) is 7.63. The average Bonchev–Trinajstić information content (AvgIpc) is 2.62. The number of benzene rings is 1. The highest BCUT2D eigenvalue weighted by Crippen LogP contribution is 2.25. The third-order valence-corrected chi connectivity index (χ3v) is 5.15. The molecule has 0 spiro atoms. The molecule has 1 unspecified atom stereocenters. The summed E-state index contributed by atoms with van der Waals surface area (Å²) >= 11 is 1.34. The lowest BCUT2D eigenvalue weighted by molar-refractivity contribution is -0.274. The smallest absolute Gasteiger partial charge is 0.406 e. The summed E-state index contributed by atoms with van der Waals surface area (Å²) in [5.41, 5.74) is 0.989. The molecule has 1 aromatic carbocycles. The molecule has 2 aromatic rings. The third-order valence-electron chi connectivity index (χ3n) is 3.99. The van der Waals surface area contributed by atoms with Crippen molar-refractivity contribution in [1.82, 2.24) is 14.9 Å². The quantitative estimate of drug-likeness (QED) is 0.800. The predicted molar refractivity (Wildman–Crippen MR) is 92.4 cm³/mol. The van der Waals surface area contributed by atoms with Crippen molar-refractivity contribution < 1.29 is 22.7 Å². The molecule has 1 aromatic heterocycles. The largest absolute Gasteiger partial charge is 0.573 e. The summed E-state index contributed by atoms with van der Waals surface area (Å²) in [6.45, 7) is 2.09. The summed E-state index contributed by atoms with van der Waals surface area (Å²) in [6, 6.07) is 5.28. The van der Waals surface area contributed by atoms with Crippen molar-refractivity contribution in [3.8, 4) is 5.75 Å². The van der Waals surface area contributed by atoms with Crippen molar-refractivity contribution in [3.05, 3.63) is 51.9 Å². The highest BCUT2D eigenvalue weighted by Gasteiger charge is 2.31. The minimum Gasteiger partial charge on any atom is -0.406 e. The Kier molecular flexibility index (Phi) is 5.45. The van der Waals surface area contributed by atoms with Gasteiger partial charge in [0.25, 0.3) is 5.56 Å². The van der Waals surface area contributed by atoms with Crippen LogP contribution in [0.25, 0.3) is 0 Å². The first-order chi connectivity index (χ1) is 12.7. The summed E-state index contributed by atoms with van der Waals surface area (Å²) < 4.78 is 41.8. The molecule has 0 saturated heterocycles. The van der Waals surface area contributed by atoms with E-state index in [1.165, 1.54) is 46.8 Å². The number of halogens is 3. The number of aromatic nitrogens is 2. The average molecular weight is 399 g/mol. The summed E-state index contributed by atoms with van der Waals surface area (Å²) in [6.07, 6.45) is -3.22. The van der Waals surface area contributed by atoms with Gasteiger partial charge in [0.05, 0.1) is 5.92 Å². The van der Waals surface area contributed by atoms with Crippen LogP contribution in [0.15, 0.2) is 40.4 Å². The zero-order valence-corrected chi connectivity index (χ0v) is 15.1. The van der Waals surface area contributed by atoms with Gasteiger partial charge in [-0.05, 0) is 24.6 Å². The van der Waals surface area contributed by atoms with Gasteiger partial charge in [-0.2, -0.15) is 0 Å². The number of ether oxygens (including phenoxy) is 1. The van der Waals surface area contributed by atoms with Gasteiger partial charge in [-0.1, -0.05) is 23.9 Å². The first kappa shape index (κ1) is 19.3. The van der Waals surface area contributed by atoms with Gasteiger partial charge < -0.3 is 10.1 Å². The van der Waals surface area contributed by atoms with E-state index in [2.05, 4.69) is 15.0 Å². The molecule has 0 aliphatic carbocycles. The fourth-order valence-corrected chi connectivity index (χ4v) is 3.65. The van der Waals surface area contributed by atoms with Gasteiger partial charge in [0.2, 0.25) is 5.91 Å². The van der Waals surface area contributed by atoms with Crippen LogP contribution in [0.3, 0.4) is 0 Å². The molecule has 0 fully saturated rings. The van der Waals surface area contributed by atoms with Crippen LogP contribution in [-0.4, -0.2) is 27.6 Å². The lowest BCUT2D eigenvalue weighted by Crippen LogP contribution is -2.40. The van der Waals surface area contributed by atoms with Crippen molar-refractivity contribution in [2.45, 2.75) is 31.5 Å². The SMILES string of the molecule is Cc1cnc2n(c1=O)CC(C(=O)NCc1ccc(OC(F)(F)F)cc1)CS2. The number of nitrogens with zero attached hydrogens (tertiary/aromatic N) is 2. The van der Waals surface area contributed by atoms with Crippen LogP contribution < -0.4 is 15.6 Å². The number of hydrogen-bond acceptors (Lipinski definition) is 5. The van der Waals surface area contributed by atoms with E-state index in [0.29, 0.717) is 22.0 Å². The van der Waals surface area contributed by atoms with Crippen LogP contribution in [0, 0.1) is 12.8 Å². The molecule has 1 aliphatic rings. The highest BCUT2D eigenvalue weighted by molar-refractivity contribution is 7.99. The number of carbonyl (C=O) groups is 1. The van der Waals surface area contributed by atoms with E-state index in [-0.39, 0.29) is 30.3 Å². The maximum Gasteiger partial charge on any atom is 0.573 e. The van der Waals surface area contributed by atoms with E-state index in [4.69, 9.17) is 0 Å². The van der Waals surface area contributed by atoms with Crippen molar-refractivity contribution in [1.29, 1.82) is 0 Å². The molecule has 0 radical (unpaired) electrons. The Balaban J connectivity index is 1.58. The molecule has 2 heterocycles. The zero-order chi connectivity index (χ0) is 19.6. The number of hydrogen-bond donors (Lipinski definition) is 1. The van der Waals surface area contributed by atoms with Gasteiger partial charge in [-0.25, -0.2) is 4.98 Å². The van der Waals surface area contributed by atoms with Gasteiger partial charge in [-0.3, -0.25) is 14.2 Å². The Bertz CT molecular complexity index is 897. The molecular formula is C17H16F3N3O3S. The maximum absolute atomic E-state index is 12.4. The van der Waals surface area contributed by atoms with E-state index < -0.39 is 12.3 Å². The Hall–Kier alpha value is -2.49. The van der Waals surface area contributed by atoms with Crippen LogP contribution in [0.1, 0.15) is 11.1 Å². The molecule has 0 bridgehead atoms. The number of fused-ring (bicyclic) bond motifs is 1. The molecule has 27 heavy (non-hydrogen) atoms. The standard InChI is InChI=1S/C17H16F3N3O3S/c1-10-6-22-16-23(15(10)25)8-12(9-27-16)14(24)21-7-11-2-4-13(5-3-11)26-17(18,19)20/h2-6,12H,7-9H2,1H3,(H,21,24). The first-order valence-corrected chi connectivity index (χ1v) is 9.03. The van der Waals surface area contributed by atoms with Gasteiger partial charge >= 0.3 is 6.36 Å². The van der Waals surface area contributed by atoms with Gasteiger partial charge in [0, 0.05) is 30.6 Å². The number of rotatable bonds is 4. The topological polar surface area (TPSA) is 73.2 Å². The van der Waals surface area contributed by atoms with E-state index in [0.717, 1.165) is 0 Å². The van der Waals surface area contributed by atoms with Crippen molar-refractivity contribution in [2.75, 3.05) is 5.75 Å². The number of alkyl halides is 3. The van der Waals surface area contributed by atoms with Crippen LogP contribution in [-0.2, 0) is 17.9 Å². The zero-order valence-electron chi connectivity index (χ0n) is 14.2. The normalized spacial score (nSPS) is 16.5. The molecule has 1 atom stereocenters. The summed E-state index contributed by atoms with van der Waals surface area (Å²) in [5, 5.41) is 3.34. The summed E-state index contributed by atoms with van der Waals surface area (Å²) in [7, 11) is 0. The molecule has 3 rings (SSSR count). The number of nitrogens with one attached hydrogen (secondary N) is 1. The van der Waals surface area contributed by atoms with E-state index in [1.54, 1.807) is 6.92 Å². The molecule has 1 aliphatic heterocycles. The van der Waals surface area contributed by atoms with Crippen molar-refractivity contribution in [3.63, 3.8) is 0 Å². The lowest BCUT2D eigenvalue weighted by Gasteiger charge is -2.24. The second-order valence-corrected chi connectivity index (χ2v) is 7.04. The monoisotopic (exact) mass is 399 g/mol. The van der Waals surface area contributed by atoms with E-state index >= 15 is 0 Å². The first-order valence-electron chi connectivity index (χ1n) is 8.04. The number of amides is 1. The van der Waals surface area contributed by atoms with Crippen LogP contribution in [0.4, 0.5) is 13.2 Å². The van der Waals surface area contributed by atoms with Gasteiger partial charge in [0.15, 0.2) is 5.16 Å². The Morgan fingerprint density at radius 2 is 2.07 bits per heavy atom. The van der Waals surface area contributed by atoms with Crippen molar-refractivity contribution in [2.24, 2.45) is 5.92 Å². The molecular weight excluding hydrogens is 383 g/mol. The molecule has 0 saturated carbocycles. The number of aryl methyl sites for hydroxylation is 1. The van der Waals surface area contributed by atoms with Crippen LogP contribution in [0.5, 0.6) is 5.75 Å². The third kappa shape index (κ3) is 4.82. The molecule has 6 nitrogen and oxygen atoms in total. The fourth-order valence-electron chi connectivity index (χ4n) is 2.60. The number of thioether (sulfide) groups is 1. The molecule has 1 amide bonds. The van der Waals surface area contributed by atoms with Crippen molar-refractivity contribution >= 4 is 17.7 Å². The fraction of sp³-hybridized carbons (Fsp3) is 0.353. The van der Waals surface area contributed by atoms with Gasteiger partial charge in [-0.15, -0.1) is 13.2 Å².